The molecule has 0 N–H and O–H groups in total. The summed E-state index contributed by atoms with van der Waals surface area (Å²) in [5.41, 5.74) is 2.52. The number of para-hydroxylation sites is 1. The highest BCUT2D eigenvalue weighted by atomic mass is 35.5. The summed E-state index contributed by atoms with van der Waals surface area (Å²) in [7, 11) is 0. The summed E-state index contributed by atoms with van der Waals surface area (Å²) in [5.74, 6) is 0.313. The van der Waals surface area contributed by atoms with E-state index in [0.29, 0.717) is 18.0 Å². The van der Waals surface area contributed by atoms with Gasteiger partial charge < -0.3 is 4.90 Å². The van der Waals surface area contributed by atoms with Gasteiger partial charge in [-0.05, 0) is 36.1 Å². The van der Waals surface area contributed by atoms with E-state index in [1.54, 1.807) is 17.0 Å². The molecule has 21 heavy (non-hydrogen) atoms. The van der Waals surface area contributed by atoms with Crippen molar-refractivity contribution in [1.29, 1.82) is 0 Å². The number of amides is 1. The van der Waals surface area contributed by atoms with Gasteiger partial charge >= 0.3 is 0 Å². The number of hydrogen-bond acceptors (Lipinski definition) is 2. The smallest absolute Gasteiger partial charge is 0.261 e. The van der Waals surface area contributed by atoms with E-state index in [9.17, 15) is 4.79 Å². The van der Waals surface area contributed by atoms with Crippen LogP contribution in [0.1, 0.15) is 35.2 Å². The Kier molecular flexibility index (Phi) is 3.87. The number of anilines is 1. The Morgan fingerprint density at radius 2 is 2.00 bits per heavy atom. The van der Waals surface area contributed by atoms with Gasteiger partial charge in [0.1, 0.15) is 10.3 Å². The van der Waals surface area contributed by atoms with E-state index in [-0.39, 0.29) is 16.2 Å². The molecule has 3 rings (SSSR count). The summed E-state index contributed by atoms with van der Waals surface area (Å²) in [6, 6.07) is 11.2. The van der Waals surface area contributed by atoms with Crippen LogP contribution >= 0.6 is 23.2 Å². The standard InChI is InChI=1S/C16H14Cl2N2O/c1-10-8-9-20(13-5-3-2-4-11(10)13)16(21)12-6-7-14(17)19-15(12)18/h2-7,10H,8-9H2,1H3/t10-/m0/s1. The lowest BCUT2D eigenvalue weighted by Crippen LogP contribution is -2.36. The third-order valence-corrected chi connectivity index (χ3v) is 4.33. The maximum atomic E-state index is 12.8. The molecule has 2 aromatic rings. The number of pyridine rings is 1. The molecular formula is C16H14Cl2N2O. The predicted molar refractivity (Wildman–Crippen MR) is 85.4 cm³/mol. The Balaban J connectivity index is 2.01. The van der Waals surface area contributed by atoms with E-state index in [4.69, 9.17) is 23.2 Å². The quantitative estimate of drug-likeness (QED) is 0.722. The lowest BCUT2D eigenvalue weighted by Gasteiger charge is -2.33. The van der Waals surface area contributed by atoms with Gasteiger partial charge in [0.25, 0.3) is 5.91 Å². The molecule has 0 saturated carbocycles. The largest absolute Gasteiger partial charge is 0.308 e. The third kappa shape index (κ3) is 2.63. The van der Waals surface area contributed by atoms with Gasteiger partial charge in [0.2, 0.25) is 0 Å². The molecule has 1 aliphatic heterocycles. The third-order valence-electron chi connectivity index (χ3n) is 3.83. The summed E-state index contributed by atoms with van der Waals surface area (Å²) in [6.45, 7) is 2.85. The molecule has 1 aliphatic rings. The molecule has 0 spiro atoms. The number of halogens is 2. The summed E-state index contributed by atoms with van der Waals surface area (Å²) in [6.07, 6.45) is 0.932. The summed E-state index contributed by atoms with van der Waals surface area (Å²) in [5, 5.41) is 0.424. The molecule has 0 aliphatic carbocycles. The fourth-order valence-corrected chi connectivity index (χ4v) is 3.10. The van der Waals surface area contributed by atoms with Gasteiger partial charge in [-0.2, -0.15) is 0 Å². The van der Waals surface area contributed by atoms with Crippen LogP contribution in [0.25, 0.3) is 0 Å². The number of carbonyl (C=O) groups is 1. The second-order valence-electron chi connectivity index (χ2n) is 5.18. The van der Waals surface area contributed by atoms with Crippen LogP contribution in [0.2, 0.25) is 10.3 Å². The van der Waals surface area contributed by atoms with Crippen LogP contribution in [-0.2, 0) is 0 Å². The Morgan fingerprint density at radius 1 is 1.24 bits per heavy atom. The zero-order valence-corrected chi connectivity index (χ0v) is 13.0. The zero-order chi connectivity index (χ0) is 15.0. The van der Waals surface area contributed by atoms with E-state index in [1.165, 1.54) is 5.56 Å². The van der Waals surface area contributed by atoms with Crippen molar-refractivity contribution in [2.24, 2.45) is 0 Å². The minimum atomic E-state index is -0.136. The van der Waals surface area contributed by atoms with Crippen LogP contribution in [0.15, 0.2) is 36.4 Å². The van der Waals surface area contributed by atoms with E-state index in [2.05, 4.69) is 18.0 Å². The minimum absolute atomic E-state index is 0.136. The molecule has 0 unspecified atom stereocenters. The number of hydrogen-bond donors (Lipinski definition) is 0. The molecule has 1 atom stereocenters. The summed E-state index contributed by atoms with van der Waals surface area (Å²) in [4.78, 5) is 18.5. The lowest BCUT2D eigenvalue weighted by molar-refractivity contribution is 0.0984. The number of benzene rings is 1. The van der Waals surface area contributed by atoms with Gasteiger partial charge in [-0.15, -0.1) is 0 Å². The van der Waals surface area contributed by atoms with Gasteiger partial charge in [-0.25, -0.2) is 4.98 Å². The van der Waals surface area contributed by atoms with Gasteiger partial charge in [-0.1, -0.05) is 48.3 Å². The molecule has 1 amide bonds. The maximum Gasteiger partial charge on any atom is 0.261 e. The predicted octanol–water partition coefficient (Wildman–Crippen LogP) is 4.54. The first-order chi connectivity index (χ1) is 10.1. The van der Waals surface area contributed by atoms with Crippen LogP contribution in [0, 0.1) is 0 Å². The van der Waals surface area contributed by atoms with E-state index < -0.39 is 0 Å². The molecule has 5 heteroatoms. The molecule has 0 bridgehead atoms. The van der Waals surface area contributed by atoms with Crippen molar-refractivity contribution in [3.63, 3.8) is 0 Å². The number of carbonyl (C=O) groups excluding carboxylic acids is 1. The van der Waals surface area contributed by atoms with Gasteiger partial charge in [0.15, 0.2) is 0 Å². The van der Waals surface area contributed by atoms with Crippen LogP contribution in [-0.4, -0.2) is 17.4 Å². The molecule has 2 heterocycles. The number of nitrogens with zero attached hydrogens (tertiary/aromatic N) is 2. The minimum Gasteiger partial charge on any atom is -0.308 e. The maximum absolute atomic E-state index is 12.8. The van der Waals surface area contributed by atoms with E-state index in [0.717, 1.165) is 12.1 Å². The van der Waals surface area contributed by atoms with Crippen molar-refractivity contribution in [2.75, 3.05) is 11.4 Å². The molecule has 0 fully saturated rings. The molecule has 0 saturated heterocycles. The van der Waals surface area contributed by atoms with Crippen molar-refractivity contribution in [3.8, 4) is 0 Å². The number of aromatic nitrogens is 1. The first-order valence-corrected chi connectivity index (χ1v) is 7.56. The van der Waals surface area contributed by atoms with Gasteiger partial charge in [-0.3, -0.25) is 4.79 Å². The Hall–Kier alpha value is -1.58. The van der Waals surface area contributed by atoms with Crippen molar-refractivity contribution in [2.45, 2.75) is 19.3 Å². The fraction of sp³-hybridized carbons (Fsp3) is 0.250. The van der Waals surface area contributed by atoms with Gasteiger partial charge in [0, 0.05) is 12.2 Å². The molecular weight excluding hydrogens is 307 g/mol. The monoisotopic (exact) mass is 320 g/mol. The molecule has 1 aromatic heterocycles. The average molecular weight is 321 g/mol. The van der Waals surface area contributed by atoms with Crippen molar-refractivity contribution >= 4 is 34.8 Å². The second-order valence-corrected chi connectivity index (χ2v) is 5.92. The Morgan fingerprint density at radius 3 is 2.76 bits per heavy atom. The van der Waals surface area contributed by atoms with Crippen molar-refractivity contribution in [1.82, 2.24) is 4.98 Å². The highest BCUT2D eigenvalue weighted by Crippen LogP contribution is 2.36. The van der Waals surface area contributed by atoms with Gasteiger partial charge in [0.05, 0.1) is 5.56 Å². The second kappa shape index (κ2) is 5.66. The topological polar surface area (TPSA) is 33.2 Å². The van der Waals surface area contributed by atoms with Crippen LogP contribution in [0.5, 0.6) is 0 Å². The Labute approximate surface area is 133 Å². The average Bonchev–Trinajstić information content (AvgIpc) is 2.47. The normalized spacial score (nSPS) is 17.5. The first kappa shape index (κ1) is 14.4. The number of fused-ring (bicyclic) bond motifs is 1. The van der Waals surface area contributed by atoms with E-state index >= 15 is 0 Å². The molecule has 1 aromatic carbocycles. The van der Waals surface area contributed by atoms with E-state index in [1.807, 2.05) is 18.2 Å². The summed E-state index contributed by atoms with van der Waals surface area (Å²) >= 11 is 11.8. The molecule has 108 valence electrons. The first-order valence-electron chi connectivity index (χ1n) is 6.81. The van der Waals surface area contributed by atoms with Crippen LogP contribution < -0.4 is 4.90 Å². The lowest BCUT2D eigenvalue weighted by atomic mass is 9.91. The SMILES string of the molecule is C[C@H]1CCN(C(=O)c2ccc(Cl)nc2Cl)c2ccccc21. The summed E-state index contributed by atoms with van der Waals surface area (Å²) < 4.78 is 0. The van der Waals surface area contributed by atoms with Crippen LogP contribution in [0.3, 0.4) is 0 Å². The highest BCUT2D eigenvalue weighted by molar-refractivity contribution is 6.35. The fourth-order valence-electron chi connectivity index (χ4n) is 2.68. The highest BCUT2D eigenvalue weighted by Gasteiger charge is 2.28. The molecule has 0 radical (unpaired) electrons. The van der Waals surface area contributed by atoms with Crippen molar-refractivity contribution < 1.29 is 4.79 Å². The Bertz CT molecular complexity index is 702. The molecule has 3 nitrogen and oxygen atoms in total. The number of rotatable bonds is 1. The van der Waals surface area contributed by atoms with Crippen LogP contribution in [0.4, 0.5) is 5.69 Å². The van der Waals surface area contributed by atoms with Crippen molar-refractivity contribution in [3.05, 3.63) is 57.8 Å². The zero-order valence-electron chi connectivity index (χ0n) is 11.5.